The molecule has 0 N–H and O–H groups in total. The Morgan fingerprint density at radius 2 is 1.88 bits per heavy atom. The largest absolute Gasteiger partial charge is 0.459 e. The first-order valence-electron chi connectivity index (χ1n) is 6.98. The SMILES string of the molecule is CC1CC2(OC(=O)C(C)(C)C)CC3CC3(C1)C2. The Labute approximate surface area is 104 Å². The number of hydrogen-bond donors (Lipinski definition) is 0. The topological polar surface area (TPSA) is 26.3 Å². The summed E-state index contributed by atoms with van der Waals surface area (Å²) in [7, 11) is 0. The highest BCUT2D eigenvalue weighted by Gasteiger charge is 2.69. The fourth-order valence-corrected chi connectivity index (χ4v) is 4.45. The van der Waals surface area contributed by atoms with Crippen LogP contribution in [0.25, 0.3) is 0 Å². The van der Waals surface area contributed by atoms with E-state index in [1.54, 1.807) is 0 Å². The van der Waals surface area contributed by atoms with Crippen LogP contribution in [0.3, 0.4) is 0 Å². The molecule has 4 unspecified atom stereocenters. The lowest BCUT2D eigenvalue weighted by atomic mass is 9.74. The van der Waals surface area contributed by atoms with Crippen LogP contribution in [0.5, 0.6) is 0 Å². The predicted octanol–water partition coefficient (Wildman–Crippen LogP) is 3.54. The van der Waals surface area contributed by atoms with E-state index >= 15 is 0 Å². The van der Waals surface area contributed by atoms with Gasteiger partial charge in [-0.1, -0.05) is 6.92 Å². The Balaban J connectivity index is 1.77. The monoisotopic (exact) mass is 236 g/mol. The lowest BCUT2D eigenvalue weighted by Gasteiger charge is -2.40. The van der Waals surface area contributed by atoms with Crippen molar-refractivity contribution in [3.05, 3.63) is 0 Å². The second-order valence-electron chi connectivity index (χ2n) is 7.98. The first-order chi connectivity index (χ1) is 7.75. The maximum atomic E-state index is 12.1. The summed E-state index contributed by atoms with van der Waals surface area (Å²) in [6.07, 6.45) is 6.14. The van der Waals surface area contributed by atoms with Crippen LogP contribution in [-0.4, -0.2) is 11.6 Å². The third kappa shape index (κ3) is 1.71. The number of carbonyl (C=O) groups excluding carboxylic acids is 1. The van der Waals surface area contributed by atoms with Crippen molar-refractivity contribution in [3.63, 3.8) is 0 Å². The van der Waals surface area contributed by atoms with Crippen molar-refractivity contribution in [3.8, 4) is 0 Å². The molecule has 3 rings (SSSR count). The summed E-state index contributed by atoms with van der Waals surface area (Å²) in [6.45, 7) is 8.17. The summed E-state index contributed by atoms with van der Waals surface area (Å²) in [5.74, 6) is 1.58. The smallest absolute Gasteiger partial charge is 0.311 e. The number of fused-ring (bicyclic) bond motifs is 1. The van der Waals surface area contributed by atoms with Crippen molar-refractivity contribution in [2.45, 2.75) is 65.4 Å². The second-order valence-corrected chi connectivity index (χ2v) is 7.98. The fraction of sp³-hybridized carbons (Fsp3) is 0.933. The molecule has 0 heterocycles. The van der Waals surface area contributed by atoms with Gasteiger partial charge >= 0.3 is 5.97 Å². The molecule has 0 aromatic heterocycles. The molecule has 96 valence electrons. The van der Waals surface area contributed by atoms with Gasteiger partial charge < -0.3 is 4.74 Å². The molecule has 2 heteroatoms. The fourth-order valence-electron chi connectivity index (χ4n) is 4.45. The molecular weight excluding hydrogens is 212 g/mol. The molecule has 2 nitrogen and oxygen atoms in total. The zero-order chi connectivity index (χ0) is 12.5. The third-order valence-corrected chi connectivity index (χ3v) is 5.05. The lowest BCUT2D eigenvalue weighted by Crippen LogP contribution is -2.42. The zero-order valence-corrected chi connectivity index (χ0v) is 11.5. The highest BCUT2D eigenvalue weighted by molar-refractivity contribution is 5.76. The Bertz CT molecular complexity index is 364. The minimum atomic E-state index is -0.366. The Morgan fingerprint density at radius 1 is 1.18 bits per heavy atom. The highest BCUT2D eigenvalue weighted by Crippen LogP contribution is 2.74. The van der Waals surface area contributed by atoms with E-state index in [4.69, 9.17) is 4.74 Å². The van der Waals surface area contributed by atoms with Crippen molar-refractivity contribution >= 4 is 5.97 Å². The zero-order valence-electron chi connectivity index (χ0n) is 11.5. The number of carbonyl (C=O) groups is 1. The van der Waals surface area contributed by atoms with E-state index in [0.717, 1.165) is 31.1 Å². The van der Waals surface area contributed by atoms with Gasteiger partial charge in [-0.05, 0) is 70.1 Å². The first kappa shape index (κ1) is 11.6. The normalized spacial score (nSPS) is 47.5. The van der Waals surface area contributed by atoms with Crippen LogP contribution >= 0.6 is 0 Å². The van der Waals surface area contributed by atoms with Gasteiger partial charge in [-0.2, -0.15) is 0 Å². The third-order valence-electron chi connectivity index (χ3n) is 5.05. The van der Waals surface area contributed by atoms with Crippen LogP contribution in [0.15, 0.2) is 0 Å². The second kappa shape index (κ2) is 3.07. The molecular formula is C15H24O2. The maximum Gasteiger partial charge on any atom is 0.311 e. The molecule has 0 radical (unpaired) electrons. The van der Waals surface area contributed by atoms with Crippen molar-refractivity contribution in [2.24, 2.45) is 22.7 Å². The van der Waals surface area contributed by atoms with E-state index in [-0.39, 0.29) is 17.0 Å². The molecule has 3 aliphatic rings. The molecule has 0 aromatic carbocycles. The Morgan fingerprint density at radius 3 is 2.53 bits per heavy atom. The van der Waals surface area contributed by atoms with E-state index in [9.17, 15) is 4.79 Å². The van der Waals surface area contributed by atoms with Crippen LogP contribution < -0.4 is 0 Å². The lowest BCUT2D eigenvalue weighted by molar-refractivity contribution is -0.174. The van der Waals surface area contributed by atoms with E-state index in [1.807, 2.05) is 20.8 Å². The average molecular weight is 236 g/mol. The highest BCUT2D eigenvalue weighted by atomic mass is 16.6. The van der Waals surface area contributed by atoms with Crippen molar-refractivity contribution in [1.29, 1.82) is 0 Å². The van der Waals surface area contributed by atoms with Crippen LogP contribution in [0.4, 0.5) is 0 Å². The van der Waals surface area contributed by atoms with E-state index in [0.29, 0.717) is 5.41 Å². The standard InChI is InChI=1S/C15H24O2/c1-10-5-14-7-11(14)8-15(6-10,9-14)17-12(16)13(2,3)4/h10-11H,5-9H2,1-4H3. The van der Waals surface area contributed by atoms with Gasteiger partial charge in [0.15, 0.2) is 0 Å². The Hall–Kier alpha value is -0.530. The summed E-state index contributed by atoms with van der Waals surface area (Å²) in [5, 5.41) is 0. The predicted molar refractivity (Wildman–Crippen MR) is 66.5 cm³/mol. The molecule has 0 aliphatic heterocycles. The maximum absolute atomic E-state index is 12.1. The number of ether oxygens (including phenoxy) is 1. The van der Waals surface area contributed by atoms with E-state index in [1.165, 1.54) is 12.8 Å². The molecule has 17 heavy (non-hydrogen) atoms. The van der Waals surface area contributed by atoms with Gasteiger partial charge in [-0.25, -0.2) is 0 Å². The first-order valence-corrected chi connectivity index (χ1v) is 6.98. The van der Waals surface area contributed by atoms with E-state index in [2.05, 4.69) is 6.92 Å². The van der Waals surface area contributed by atoms with Gasteiger partial charge in [0.2, 0.25) is 0 Å². The molecule has 3 fully saturated rings. The number of hydrogen-bond acceptors (Lipinski definition) is 2. The van der Waals surface area contributed by atoms with Gasteiger partial charge in [-0.3, -0.25) is 4.79 Å². The van der Waals surface area contributed by atoms with Crippen molar-refractivity contribution < 1.29 is 9.53 Å². The van der Waals surface area contributed by atoms with Crippen LogP contribution in [-0.2, 0) is 9.53 Å². The molecule has 4 atom stereocenters. The van der Waals surface area contributed by atoms with Crippen molar-refractivity contribution in [1.82, 2.24) is 0 Å². The molecule has 1 spiro atoms. The summed E-state index contributed by atoms with van der Waals surface area (Å²) in [5.41, 5.74) is 0.121. The van der Waals surface area contributed by atoms with Gasteiger partial charge in [0.1, 0.15) is 5.60 Å². The molecule has 3 aliphatic carbocycles. The van der Waals surface area contributed by atoms with Crippen LogP contribution in [0.2, 0.25) is 0 Å². The van der Waals surface area contributed by atoms with Crippen molar-refractivity contribution in [2.75, 3.05) is 0 Å². The summed E-state index contributed by atoms with van der Waals surface area (Å²) >= 11 is 0. The molecule has 2 bridgehead atoms. The summed E-state index contributed by atoms with van der Waals surface area (Å²) < 4.78 is 5.96. The summed E-state index contributed by atoms with van der Waals surface area (Å²) in [4.78, 5) is 12.1. The minimum Gasteiger partial charge on any atom is -0.459 e. The van der Waals surface area contributed by atoms with Gasteiger partial charge in [0, 0.05) is 0 Å². The average Bonchev–Trinajstić information content (AvgIpc) is 2.65. The molecule has 0 aromatic rings. The van der Waals surface area contributed by atoms with Gasteiger partial charge in [-0.15, -0.1) is 0 Å². The minimum absolute atomic E-state index is 0.0111. The number of rotatable bonds is 1. The molecule has 0 saturated heterocycles. The summed E-state index contributed by atoms with van der Waals surface area (Å²) in [6, 6.07) is 0. The van der Waals surface area contributed by atoms with Crippen LogP contribution in [0, 0.1) is 22.7 Å². The molecule has 3 saturated carbocycles. The number of esters is 1. The quantitative estimate of drug-likeness (QED) is 0.651. The van der Waals surface area contributed by atoms with Gasteiger partial charge in [0.25, 0.3) is 0 Å². The van der Waals surface area contributed by atoms with Crippen LogP contribution in [0.1, 0.15) is 59.8 Å². The molecule has 0 amide bonds. The van der Waals surface area contributed by atoms with E-state index < -0.39 is 0 Å². The Kier molecular flexibility index (Phi) is 2.09. The van der Waals surface area contributed by atoms with Gasteiger partial charge in [0.05, 0.1) is 5.41 Å².